The molecule has 0 radical (unpaired) electrons. The second-order valence-electron chi connectivity index (χ2n) is 4.45. The number of hydrogen-bond donors (Lipinski definition) is 1. The highest BCUT2D eigenvalue weighted by Gasteiger charge is 2.24. The molecule has 94 valence electrons. The quantitative estimate of drug-likeness (QED) is 0.924. The maximum Gasteiger partial charge on any atom is 0.339 e. The zero-order valence-corrected chi connectivity index (χ0v) is 10.6. The Morgan fingerprint density at radius 3 is 2.83 bits per heavy atom. The van der Waals surface area contributed by atoms with Crippen molar-refractivity contribution < 1.29 is 9.90 Å². The third kappa shape index (κ3) is 1.92. The molecule has 18 heavy (non-hydrogen) atoms. The van der Waals surface area contributed by atoms with E-state index in [9.17, 15) is 9.90 Å². The number of aromatic carboxylic acids is 1. The Bertz CT molecular complexity index is 556. The highest BCUT2D eigenvalue weighted by Crippen LogP contribution is 2.32. The van der Waals surface area contributed by atoms with Crippen LogP contribution in [-0.4, -0.2) is 25.8 Å². The number of carbonyl (C=O) groups is 1. The summed E-state index contributed by atoms with van der Waals surface area (Å²) in [5.74, 6) is -0.940. The second-order valence-corrected chi connectivity index (χ2v) is 5.35. The smallest absolute Gasteiger partial charge is 0.339 e. The first-order valence-electron chi connectivity index (χ1n) is 5.98. The van der Waals surface area contributed by atoms with E-state index in [-0.39, 0.29) is 5.56 Å². The van der Waals surface area contributed by atoms with E-state index >= 15 is 0 Å². The predicted molar refractivity (Wildman–Crippen MR) is 67.8 cm³/mol. The molecule has 3 rings (SSSR count). The molecular weight excluding hydrogens is 250 g/mol. The molecule has 0 spiro atoms. The number of carboxylic acid groups (broad SMARTS) is 1. The summed E-state index contributed by atoms with van der Waals surface area (Å²) >= 11 is 1.41. The molecule has 2 heterocycles. The van der Waals surface area contributed by atoms with Crippen LogP contribution < -0.4 is 0 Å². The minimum Gasteiger partial charge on any atom is -0.478 e. The molecule has 2 aromatic heterocycles. The lowest BCUT2D eigenvalue weighted by Gasteiger charge is -2.08. The van der Waals surface area contributed by atoms with Gasteiger partial charge < -0.3 is 5.11 Å². The molecule has 0 aliphatic heterocycles. The lowest BCUT2D eigenvalue weighted by atomic mass is 10.2. The van der Waals surface area contributed by atoms with Crippen LogP contribution in [0.3, 0.4) is 0 Å². The Balaban J connectivity index is 2.04. The summed E-state index contributed by atoms with van der Waals surface area (Å²) in [6.07, 6.45) is 7.87. The van der Waals surface area contributed by atoms with E-state index in [1.54, 1.807) is 12.4 Å². The summed E-state index contributed by atoms with van der Waals surface area (Å²) in [6.45, 7) is 0. The SMILES string of the molecule is O=C(O)c1cn(C2CCCC2)nc1-c1nccs1. The van der Waals surface area contributed by atoms with Crippen LogP contribution in [0.4, 0.5) is 0 Å². The summed E-state index contributed by atoms with van der Waals surface area (Å²) in [5, 5.41) is 16.2. The topological polar surface area (TPSA) is 68.0 Å². The summed E-state index contributed by atoms with van der Waals surface area (Å²) < 4.78 is 1.81. The van der Waals surface area contributed by atoms with Crippen molar-refractivity contribution in [1.29, 1.82) is 0 Å². The second kappa shape index (κ2) is 4.53. The molecule has 2 aromatic rings. The highest BCUT2D eigenvalue weighted by atomic mass is 32.1. The van der Waals surface area contributed by atoms with E-state index in [0.29, 0.717) is 16.7 Å². The normalized spacial score (nSPS) is 16.2. The molecule has 6 heteroatoms. The van der Waals surface area contributed by atoms with Crippen molar-refractivity contribution in [3.63, 3.8) is 0 Å². The van der Waals surface area contributed by atoms with Crippen molar-refractivity contribution in [1.82, 2.24) is 14.8 Å². The van der Waals surface area contributed by atoms with Gasteiger partial charge in [-0.3, -0.25) is 4.68 Å². The third-order valence-electron chi connectivity index (χ3n) is 3.30. The molecule has 0 amide bonds. The van der Waals surface area contributed by atoms with Gasteiger partial charge in [-0.2, -0.15) is 5.10 Å². The van der Waals surface area contributed by atoms with Crippen molar-refractivity contribution in [2.45, 2.75) is 31.7 Å². The van der Waals surface area contributed by atoms with Gasteiger partial charge in [0.25, 0.3) is 0 Å². The van der Waals surface area contributed by atoms with Crippen LogP contribution in [0.15, 0.2) is 17.8 Å². The maximum atomic E-state index is 11.3. The van der Waals surface area contributed by atoms with Crippen LogP contribution in [0.25, 0.3) is 10.7 Å². The van der Waals surface area contributed by atoms with Gasteiger partial charge in [-0.05, 0) is 12.8 Å². The first-order chi connectivity index (χ1) is 8.75. The van der Waals surface area contributed by atoms with Gasteiger partial charge in [0.05, 0.1) is 6.04 Å². The van der Waals surface area contributed by atoms with Crippen LogP contribution in [0.5, 0.6) is 0 Å². The van der Waals surface area contributed by atoms with Crippen molar-refractivity contribution in [3.05, 3.63) is 23.3 Å². The van der Waals surface area contributed by atoms with Crippen LogP contribution in [-0.2, 0) is 0 Å². The Labute approximate surface area is 108 Å². The Hall–Kier alpha value is -1.69. The largest absolute Gasteiger partial charge is 0.478 e. The van der Waals surface area contributed by atoms with Gasteiger partial charge in [0.15, 0.2) is 0 Å². The number of thiazole rings is 1. The average molecular weight is 263 g/mol. The molecule has 1 fully saturated rings. The van der Waals surface area contributed by atoms with E-state index in [4.69, 9.17) is 0 Å². The molecule has 0 atom stereocenters. The van der Waals surface area contributed by atoms with Crippen molar-refractivity contribution in [3.8, 4) is 10.7 Å². The molecule has 0 aromatic carbocycles. The fraction of sp³-hybridized carbons (Fsp3) is 0.417. The monoisotopic (exact) mass is 263 g/mol. The molecule has 1 aliphatic carbocycles. The number of aromatic nitrogens is 3. The fourth-order valence-corrected chi connectivity index (χ4v) is 3.04. The van der Waals surface area contributed by atoms with Gasteiger partial charge in [0, 0.05) is 17.8 Å². The summed E-state index contributed by atoms with van der Waals surface area (Å²) in [7, 11) is 0. The van der Waals surface area contributed by atoms with Crippen molar-refractivity contribution in [2.75, 3.05) is 0 Å². The molecular formula is C12H13N3O2S. The van der Waals surface area contributed by atoms with Crippen molar-refractivity contribution >= 4 is 17.3 Å². The van der Waals surface area contributed by atoms with Crippen LogP contribution in [0.2, 0.25) is 0 Å². The molecule has 5 nitrogen and oxygen atoms in total. The number of hydrogen-bond acceptors (Lipinski definition) is 4. The van der Waals surface area contributed by atoms with E-state index in [1.165, 1.54) is 24.2 Å². The zero-order chi connectivity index (χ0) is 12.5. The molecule has 0 saturated heterocycles. The Morgan fingerprint density at radius 2 is 2.22 bits per heavy atom. The van der Waals surface area contributed by atoms with Gasteiger partial charge in [0.2, 0.25) is 0 Å². The molecule has 0 bridgehead atoms. The fourth-order valence-electron chi connectivity index (χ4n) is 2.40. The van der Waals surface area contributed by atoms with Crippen molar-refractivity contribution in [2.24, 2.45) is 0 Å². The lowest BCUT2D eigenvalue weighted by Crippen LogP contribution is -2.05. The first kappa shape index (κ1) is 11.4. The zero-order valence-electron chi connectivity index (χ0n) is 9.74. The predicted octanol–water partition coefficient (Wildman–Crippen LogP) is 2.82. The Morgan fingerprint density at radius 1 is 1.44 bits per heavy atom. The van der Waals surface area contributed by atoms with Crippen LogP contribution in [0, 0.1) is 0 Å². The molecule has 1 aliphatic rings. The molecule has 0 unspecified atom stereocenters. The van der Waals surface area contributed by atoms with Gasteiger partial charge in [-0.15, -0.1) is 11.3 Å². The first-order valence-corrected chi connectivity index (χ1v) is 6.86. The van der Waals surface area contributed by atoms with E-state index in [2.05, 4.69) is 10.1 Å². The average Bonchev–Trinajstić information content (AvgIpc) is 3.10. The number of carboxylic acids is 1. The maximum absolute atomic E-state index is 11.3. The Kier molecular flexibility index (Phi) is 2.87. The third-order valence-corrected chi connectivity index (χ3v) is 4.08. The van der Waals surface area contributed by atoms with E-state index in [1.807, 2.05) is 10.1 Å². The number of rotatable bonds is 3. The molecule has 1 N–H and O–H groups in total. The van der Waals surface area contributed by atoms with Gasteiger partial charge in [-0.1, -0.05) is 12.8 Å². The highest BCUT2D eigenvalue weighted by molar-refractivity contribution is 7.13. The molecule has 1 saturated carbocycles. The summed E-state index contributed by atoms with van der Waals surface area (Å²) in [6, 6.07) is 0.344. The summed E-state index contributed by atoms with van der Waals surface area (Å²) in [5.41, 5.74) is 0.737. The van der Waals surface area contributed by atoms with Crippen LogP contribution in [0.1, 0.15) is 42.1 Å². The van der Waals surface area contributed by atoms with Gasteiger partial charge in [0.1, 0.15) is 16.3 Å². The van der Waals surface area contributed by atoms with E-state index in [0.717, 1.165) is 12.8 Å². The summed E-state index contributed by atoms with van der Waals surface area (Å²) in [4.78, 5) is 15.4. The van der Waals surface area contributed by atoms with Gasteiger partial charge >= 0.3 is 5.97 Å². The minimum absolute atomic E-state index is 0.247. The van der Waals surface area contributed by atoms with Crippen LogP contribution >= 0.6 is 11.3 Å². The minimum atomic E-state index is -0.940. The number of nitrogens with zero attached hydrogens (tertiary/aromatic N) is 3. The lowest BCUT2D eigenvalue weighted by molar-refractivity contribution is 0.0697. The standard InChI is InChI=1S/C12H13N3O2S/c16-12(17)9-7-15(8-3-1-2-4-8)14-10(9)11-13-5-6-18-11/h5-8H,1-4H2,(H,16,17). The van der Waals surface area contributed by atoms with E-state index < -0.39 is 5.97 Å². The van der Waals surface area contributed by atoms with Gasteiger partial charge in [-0.25, -0.2) is 9.78 Å².